The number of ketones is 3. The number of hydrogen-bond acceptors (Lipinski definition) is 27. The van der Waals surface area contributed by atoms with Crippen molar-refractivity contribution in [3.8, 4) is 57.1 Å². The number of Topliss-reactive ketones (excluding diaryl/α,β-unsaturated/α-hetero) is 3. The fourth-order valence-corrected chi connectivity index (χ4v) is 15.1. The summed E-state index contributed by atoms with van der Waals surface area (Å²) in [6.45, 7) is 9.66. The topological polar surface area (TPSA) is 505 Å². The van der Waals surface area contributed by atoms with Gasteiger partial charge in [-0.3, -0.25) is 38.4 Å². The van der Waals surface area contributed by atoms with Gasteiger partial charge in [-0.25, -0.2) is 0 Å². The number of fused-ring (bicyclic) bond motifs is 15. The second-order valence-electron chi connectivity index (χ2n) is 29.5. The number of hydrogen-bond donors (Lipinski definition) is 16. The molecule has 0 spiro atoms. The van der Waals surface area contributed by atoms with Crippen molar-refractivity contribution < 1.29 is 124 Å². The molecule has 3 saturated heterocycles. The highest BCUT2D eigenvalue weighted by Crippen LogP contribution is 2.51. The first kappa shape index (κ1) is 80.8. The smallest absolute Gasteiger partial charge is 0.246 e. The fourth-order valence-electron chi connectivity index (χ4n) is 14.7. The highest BCUT2D eigenvalue weighted by molar-refractivity contribution is 6.32. The van der Waals surface area contributed by atoms with Crippen LogP contribution in [0.15, 0.2) is 78.9 Å². The van der Waals surface area contributed by atoms with Gasteiger partial charge in [-0.1, -0.05) is 62.2 Å². The van der Waals surface area contributed by atoms with E-state index in [-0.39, 0.29) is 85.7 Å². The predicted molar refractivity (Wildman–Crippen MR) is 388 cm³/mol. The number of nitrogens with two attached hydrogens (primary N) is 2. The third-order valence-electron chi connectivity index (χ3n) is 20.6. The lowest BCUT2D eigenvalue weighted by Crippen LogP contribution is -2.62. The number of ether oxygens (including phenoxy) is 8. The van der Waals surface area contributed by atoms with Gasteiger partial charge in [-0.15, -0.1) is 0 Å². The number of benzene rings is 5. The largest absolute Gasteiger partial charge is 0.508 e. The highest BCUT2D eigenvalue weighted by atomic mass is 35.5. The maximum atomic E-state index is 16.5. The zero-order valence-electron chi connectivity index (χ0n) is 62.0. The van der Waals surface area contributed by atoms with Crippen molar-refractivity contribution in [3.05, 3.63) is 117 Å². The summed E-state index contributed by atoms with van der Waals surface area (Å²) in [5.74, 6) is -18.6. The molecular weight excluding hydrogens is 1480 g/mol. The average molecular weight is 1580 g/mol. The van der Waals surface area contributed by atoms with Gasteiger partial charge >= 0.3 is 0 Å². The van der Waals surface area contributed by atoms with Gasteiger partial charge in [0, 0.05) is 56.2 Å². The van der Waals surface area contributed by atoms with Crippen LogP contribution in [0.4, 0.5) is 0 Å². The molecule has 32 nitrogen and oxygen atoms in total. The summed E-state index contributed by atoms with van der Waals surface area (Å²) in [7, 11) is 1.50. The van der Waals surface area contributed by atoms with Crippen molar-refractivity contribution in [2.75, 3.05) is 13.7 Å². The molecule has 594 valence electrons. The Morgan fingerprint density at radius 2 is 1.37 bits per heavy atom. The lowest BCUT2D eigenvalue weighted by atomic mass is 9.84. The standard InChI is InChI=1S/C76H91Cl2N7O25/c1-29(2)15-45(81-8)73(101)84-61-48(91)20-38(23-55(79)93)71(99)83-60-37-21-52(105-50-13-10-35(64(61)95)18-43(50)77)68(110-75-69(66(97)65(96)54(28-86)107-75)108-56-16-30(3)63(94)32(5)103-56)53(22-37)106-51-14-11-36(19-44(51)78)67(109-57-27-76(7,80)70(98)33(6)104-57)62-74(102)82-59(31(4)87)42-24-39(88)25-47(90)58(42)41-17-34(9-12-46(41)89)40(26-49(60)92)72(100)85-62/h9-14,17-19,21-22,24-25,29-30,32-33,38,40,45,54,56-57,59-67,69-70,75,81,86,88-90,94-98H,15-16,20,23,26-28,80H2,1-8H3,(H2,79,93)(H,82,102)(H,83,99)(H,84,101)(H,85,100)/i30T. The van der Waals surface area contributed by atoms with Gasteiger partial charge < -0.3 is 122 Å². The summed E-state index contributed by atoms with van der Waals surface area (Å²) in [5.41, 5.74) is 9.36. The number of amides is 5. The molecule has 22 atom stereocenters. The molecule has 0 aliphatic carbocycles. The first-order chi connectivity index (χ1) is 52.3. The molecular formula is C76H91Cl2N7O25. The van der Waals surface area contributed by atoms with Crippen molar-refractivity contribution in [3.63, 3.8) is 0 Å². The summed E-state index contributed by atoms with van der Waals surface area (Å²) in [6.07, 6.45) is -24.5. The third kappa shape index (κ3) is 17.6. The van der Waals surface area contributed by atoms with E-state index >= 15 is 24.0 Å². The summed E-state index contributed by atoms with van der Waals surface area (Å²) in [4.78, 5) is 121. The number of nitrogens with one attached hydrogen (secondary N) is 5. The van der Waals surface area contributed by atoms with Crippen LogP contribution in [-0.4, -0.2) is 198 Å². The van der Waals surface area contributed by atoms with E-state index in [0.29, 0.717) is 0 Å². The minimum atomic E-state index is -2.21. The van der Waals surface area contributed by atoms with Crippen LogP contribution in [-0.2, 0) is 62.0 Å². The molecule has 0 saturated carbocycles. The first-order valence-corrected chi connectivity index (χ1v) is 36.5. The summed E-state index contributed by atoms with van der Waals surface area (Å²) >= 11 is 14.6. The number of aliphatic hydroxyl groups excluding tert-OH is 6. The summed E-state index contributed by atoms with van der Waals surface area (Å²) in [6, 6.07) is 6.05. The van der Waals surface area contributed by atoms with Crippen LogP contribution < -0.4 is 52.3 Å². The molecule has 0 radical (unpaired) electrons. The van der Waals surface area contributed by atoms with E-state index in [4.69, 9.17) is 73.9 Å². The van der Waals surface area contributed by atoms with Crippen LogP contribution in [0.1, 0.15) is 146 Å². The molecule has 5 aromatic carbocycles. The van der Waals surface area contributed by atoms with Crippen LogP contribution in [0.5, 0.6) is 46.0 Å². The van der Waals surface area contributed by atoms with Crippen LogP contribution in [0, 0.1) is 17.7 Å². The SMILES string of the molecule is [3H]C1(C)CC(OC2C(Oc3c4cc5cc3Oc3ccc(cc3Cl)C(OC3CC(C)(N)C(O)C(C)O3)C3NC(=O)C(CC(=O)C5NC(=O)C(CC(N)=O)CC(=O)C(NC(=O)C(CC(C)C)NC)C(O)c5ccc(c(Cl)c5)O4)c4ccc(O)c(c4)-c4c(O)cc(O)cc4C(C(C)=O)NC3=O)OC(CO)C(O)C2O)OC(C)C1O. The zero-order valence-corrected chi connectivity index (χ0v) is 62.6. The molecule has 34 heteroatoms. The molecule has 13 rings (SSSR count). The van der Waals surface area contributed by atoms with Gasteiger partial charge in [0.1, 0.15) is 83.4 Å². The van der Waals surface area contributed by atoms with E-state index in [0.717, 1.165) is 37.3 Å². The van der Waals surface area contributed by atoms with E-state index in [1.165, 1.54) is 83.3 Å². The number of halogens is 2. The van der Waals surface area contributed by atoms with Gasteiger partial charge in [0.15, 0.2) is 47.5 Å². The van der Waals surface area contributed by atoms with Crippen LogP contribution in [0.3, 0.4) is 0 Å². The van der Waals surface area contributed by atoms with Gasteiger partial charge in [0.2, 0.25) is 41.6 Å². The molecule has 8 aliphatic rings. The third-order valence-corrected chi connectivity index (χ3v) is 21.2. The lowest BCUT2D eigenvalue weighted by molar-refractivity contribution is -0.332. The minimum Gasteiger partial charge on any atom is -0.508 e. The first-order valence-electron chi connectivity index (χ1n) is 36.2. The van der Waals surface area contributed by atoms with E-state index in [2.05, 4.69) is 26.6 Å². The summed E-state index contributed by atoms with van der Waals surface area (Å²) < 4.78 is 60.9. The minimum absolute atomic E-state index is 0.0733. The van der Waals surface area contributed by atoms with Crippen molar-refractivity contribution in [2.24, 2.45) is 29.2 Å². The maximum Gasteiger partial charge on any atom is 0.246 e. The van der Waals surface area contributed by atoms with Gasteiger partial charge in [-0.05, 0) is 135 Å². The van der Waals surface area contributed by atoms with Crippen molar-refractivity contribution >= 4 is 70.1 Å². The van der Waals surface area contributed by atoms with Gasteiger partial charge in [0.25, 0.3) is 0 Å². The second-order valence-corrected chi connectivity index (χ2v) is 30.3. The van der Waals surface area contributed by atoms with Gasteiger partial charge in [-0.2, -0.15) is 0 Å². The number of carbonyl (C=O) groups excluding carboxylic acids is 8. The van der Waals surface area contributed by atoms with Gasteiger partial charge in [0.05, 0.1) is 58.9 Å². The number of phenolic OH excluding ortho intramolecular Hbond substituents is 3. The number of carbonyl (C=O) groups is 8. The Hall–Kier alpha value is -8.68. The molecule has 5 amide bonds. The lowest BCUT2D eigenvalue weighted by Gasteiger charge is -2.44. The van der Waals surface area contributed by atoms with Crippen molar-refractivity contribution in [1.29, 1.82) is 0 Å². The Morgan fingerprint density at radius 1 is 0.727 bits per heavy atom. The van der Waals surface area contributed by atoms with Crippen LogP contribution in [0.25, 0.3) is 11.1 Å². The molecule has 11 bridgehead atoms. The zero-order chi connectivity index (χ0) is 80.9. The van der Waals surface area contributed by atoms with Crippen molar-refractivity contribution in [2.45, 2.75) is 209 Å². The normalized spacial score (nSPS) is 32.5. The quantitative estimate of drug-likeness (QED) is 0.0709. The van der Waals surface area contributed by atoms with Crippen LogP contribution >= 0.6 is 23.2 Å². The molecule has 18 N–H and O–H groups in total. The van der Waals surface area contributed by atoms with E-state index < -0.39 is 241 Å². The average Bonchev–Trinajstić information content (AvgIpc) is 0.764. The molecule has 8 aliphatic heterocycles. The molecule has 8 heterocycles. The molecule has 0 aromatic heterocycles. The number of aromatic hydroxyl groups is 3. The number of aliphatic hydroxyl groups is 6. The monoisotopic (exact) mass is 1570 g/mol. The number of rotatable bonds is 15. The Kier molecular flexibility index (Phi) is 24.8. The molecule has 3 fully saturated rings. The van der Waals surface area contributed by atoms with E-state index in [9.17, 15) is 60.3 Å². The number of phenols is 3. The van der Waals surface area contributed by atoms with E-state index in [1.54, 1.807) is 0 Å². The Labute approximate surface area is 642 Å². The fraction of sp³-hybridized carbons (Fsp3) is 0.500. The Morgan fingerprint density at radius 3 is 1.98 bits per heavy atom. The molecule has 22 unspecified atom stereocenters. The van der Waals surface area contributed by atoms with Crippen LogP contribution in [0.2, 0.25) is 10.0 Å². The van der Waals surface area contributed by atoms with Crippen molar-refractivity contribution in [1.82, 2.24) is 26.6 Å². The Bertz CT molecular complexity index is 4420. The number of primary amides is 1. The maximum absolute atomic E-state index is 16.5. The second kappa shape index (κ2) is 33.7. The van der Waals surface area contributed by atoms with E-state index in [1.807, 2.05) is 13.8 Å². The number of likely N-dealkylation sites (N-methyl/N-ethyl adjacent to an activating group) is 1. The molecule has 5 aromatic rings. The molecule has 110 heavy (non-hydrogen) atoms. The summed E-state index contributed by atoms with van der Waals surface area (Å²) in [5, 5.41) is 117. The Balaban J connectivity index is 1.19. The highest BCUT2D eigenvalue weighted by Gasteiger charge is 2.51. The predicted octanol–water partition coefficient (Wildman–Crippen LogP) is 3.74.